The third-order valence-corrected chi connectivity index (χ3v) is 3.04. The number of aliphatic hydroxyl groups is 1. The highest BCUT2D eigenvalue weighted by Crippen LogP contribution is 2.08. The van der Waals surface area contributed by atoms with Gasteiger partial charge in [-0.05, 0) is 18.4 Å². The number of nitrogens with one attached hydrogen (secondary N) is 1. The van der Waals surface area contributed by atoms with Gasteiger partial charge >= 0.3 is 0 Å². The van der Waals surface area contributed by atoms with Gasteiger partial charge in [0, 0.05) is 18.5 Å². The first kappa shape index (κ1) is 16.4. The quantitative estimate of drug-likeness (QED) is 0.806. The third kappa shape index (κ3) is 5.97. The summed E-state index contributed by atoms with van der Waals surface area (Å²) < 4.78 is 13.3. The van der Waals surface area contributed by atoms with Crippen molar-refractivity contribution in [2.75, 3.05) is 6.54 Å². The molecule has 0 aliphatic heterocycles. The van der Waals surface area contributed by atoms with E-state index in [-0.39, 0.29) is 24.1 Å². The highest BCUT2D eigenvalue weighted by atomic mass is 19.1. The van der Waals surface area contributed by atoms with Crippen molar-refractivity contribution in [2.24, 2.45) is 5.92 Å². The number of amides is 1. The van der Waals surface area contributed by atoms with Crippen LogP contribution in [0, 0.1) is 11.7 Å². The van der Waals surface area contributed by atoms with Gasteiger partial charge in [0.2, 0.25) is 5.91 Å². The van der Waals surface area contributed by atoms with Crippen LogP contribution in [-0.2, 0) is 4.79 Å². The van der Waals surface area contributed by atoms with Gasteiger partial charge in [0.1, 0.15) is 5.82 Å². The molecule has 0 radical (unpaired) electrons. The minimum absolute atomic E-state index is 0.131. The van der Waals surface area contributed by atoms with Crippen LogP contribution >= 0.6 is 0 Å². The molecule has 0 bridgehead atoms. The average Bonchev–Trinajstić information content (AvgIpc) is 2.40. The van der Waals surface area contributed by atoms with Gasteiger partial charge in [-0.1, -0.05) is 44.2 Å². The lowest BCUT2D eigenvalue weighted by Crippen LogP contribution is -2.28. The second-order valence-electron chi connectivity index (χ2n) is 5.08. The van der Waals surface area contributed by atoms with Crippen molar-refractivity contribution in [1.82, 2.24) is 5.32 Å². The maximum Gasteiger partial charge on any atom is 0.223 e. The van der Waals surface area contributed by atoms with Crippen molar-refractivity contribution < 1.29 is 14.3 Å². The molecule has 0 saturated carbocycles. The Morgan fingerprint density at radius 2 is 2.10 bits per heavy atom. The van der Waals surface area contributed by atoms with Crippen LogP contribution in [0.1, 0.15) is 32.3 Å². The van der Waals surface area contributed by atoms with Gasteiger partial charge in [-0.25, -0.2) is 4.39 Å². The summed E-state index contributed by atoms with van der Waals surface area (Å²) in [6.07, 6.45) is 3.57. The lowest BCUT2D eigenvalue weighted by Gasteiger charge is -2.14. The summed E-state index contributed by atoms with van der Waals surface area (Å²) in [7, 11) is 0. The lowest BCUT2D eigenvalue weighted by molar-refractivity contribution is -0.120. The number of halogens is 1. The normalized spacial score (nSPS) is 12.8. The zero-order valence-corrected chi connectivity index (χ0v) is 12.0. The number of aliphatic hydroxyl groups excluding tert-OH is 1. The lowest BCUT2D eigenvalue weighted by atomic mass is 10.0. The van der Waals surface area contributed by atoms with Crippen molar-refractivity contribution in [1.29, 1.82) is 0 Å². The number of carbonyl (C=O) groups excluding carboxylic acids is 1. The van der Waals surface area contributed by atoms with E-state index in [0.717, 1.165) is 0 Å². The Bertz CT molecular complexity index is 458. The number of hydrogen-bond acceptors (Lipinski definition) is 2. The molecule has 1 aromatic carbocycles. The molecule has 1 atom stereocenters. The molecule has 0 spiro atoms. The highest BCUT2D eigenvalue weighted by Gasteiger charge is 2.08. The smallest absolute Gasteiger partial charge is 0.223 e. The molecule has 2 N–H and O–H groups in total. The summed E-state index contributed by atoms with van der Waals surface area (Å²) in [4.78, 5) is 11.5. The Morgan fingerprint density at radius 3 is 2.75 bits per heavy atom. The highest BCUT2D eigenvalue weighted by molar-refractivity contribution is 5.78. The van der Waals surface area contributed by atoms with E-state index in [1.54, 1.807) is 30.4 Å². The van der Waals surface area contributed by atoms with E-state index in [0.29, 0.717) is 18.5 Å². The summed E-state index contributed by atoms with van der Waals surface area (Å²) in [6, 6.07) is 6.41. The monoisotopic (exact) mass is 279 g/mol. The molecule has 1 unspecified atom stereocenters. The van der Waals surface area contributed by atoms with Crippen LogP contribution in [0.25, 0.3) is 6.08 Å². The van der Waals surface area contributed by atoms with Gasteiger partial charge in [0.15, 0.2) is 0 Å². The Balaban J connectivity index is 2.28. The fraction of sp³-hybridized carbons (Fsp3) is 0.438. The van der Waals surface area contributed by atoms with E-state index in [2.05, 4.69) is 5.32 Å². The first-order valence-electron chi connectivity index (χ1n) is 6.86. The summed E-state index contributed by atoms with van der Waals surface area (Å²) >= 11 is 0. The molecule has 20 heavy (non-hydrogen) atoms. The Morgan fingerprint density at radius 1 is 1.40 bits per heavy atom. The van der Waals surface area contributed by atoms with E-state index in [1.807, 2.05) is 13.8 Å². The molecular weight excluding hydrogens is 257 g/mol. The molecule has 0 fully saturated rings. The summed E-state index contributed by atoms with van der Waals surface area (Å²) in [5, 5.41) is 12.3. The topological polar surface area (TPSA) is 49.3 Å². The van der Waals surface area contributed by atoms with E-state index in [1.165, 1.54) is 6.07 Å². The Hall–Kier alpha value is -1.68. The van der Waals surface area contributed by atoms with Crippen LogP contribution in [-0.4, -0.2) is 23.7 Å². The number of benzene rings is 1. The number of carbonyl (C=O) groups is 1. The van der Waals surface area contributed by atoms with Gasteiger partial charge in [-0.15, -0.1) is 0 Å². The second-order valence-corrected chi connectivity index (χ2v) is 5.08. The molecule has 0 aliphatic carbocycles. The zero-order chi connectivity index (χ0) is 15.0. The average molecular weight is 279 g/mol. The van der Waals surface area contributed by atoms with Crippen LogP contribution in [0.15, 0.2) is 30.3 Å². The van der Waals surface area contributed by atoms with Gasteiger partial charge in [0.05, 0.1) is 6.10 Å². The van der Waals surface area contributed by atoms with Gasteiger partial charge in [-0.2, -0.15) is 0 Å². The predicted octanol–water partition coefficient (Wildman–Crippen LogP) is 2.75. The first-order chi connectivity index (χ1) is 9.50. The molecular formula is C16H22FNO2. The van der Waals surface area contributed by atoms with E-state index in [4.69, 9.17) is 0 Å². The van der Waals surface area contributed by atoms with E-state index >= 15 is 0 Å². The molecule has 1 rings (SSSR count). The van der Waals surface area contributed by atoms with Crippen molar-refractivity contribution >= 4 is 12.0 Å². The first-order valence-corrected chi connectivity index (χ1v) is 6.86. The largest absolute Gasteiger partial charge is 0.393 e. The second kappa shape index (κ2) is 8.48. The molecule has 110 valence electrons. The van der Waals surface area contributed by atoms with E-state index in [9.17, 15) is 14.3 Å². The van der Waals surface area contributed by atoms with Crippen molar-refractivity contribution in [3.05, 3.63) is 41.7 Å². The standard InChI is InChI=1S/C16H22FNO2/c1-12(2)15(19)10-11-18-16(20)9-5-7-13-6-3-4-8-14(13)17/h3-8,12,15,19H,9-11H2,1-2H3,(H,18,20). The molecule has 0 heterocycles. The van der Waals surface area contributed by atoms with E-state index < -0.39 is 6.10 Å². The van der Waals surface area contributed by atoms with Gasteiger partial charge in [0.25, 0.3) is 0 Å². The van der Waals surface area contributed by atoms with Crippen LogP contribution in [0.2, 0.25) is 0 Å². The molecule has 1 amide bonds. The zero-order valence-electron chi connectivity index (χ0n) is 12.0. The number of rotatable bonds is 7. The van der Waals surface area contributed by atoms with Crippen LogP contribution < -0.4 is 5.32 Å². The van der Waals surface area contributed by atoms with Gasteiger partial charge < -0.3 is 10.4 Å². The number of hydrogen-bond donors (Lipinski definition) is 2. The fourth-order valence-corrected chi connectivity index (χ4v) is 1.67. The van der Waals surface area contributed by atoms with Crippen molar-refractivity contribution in [3.8, 4) is 0 Å². The fourth-order valence-electron chi connectivity index (χ4n) is 1.67. The van der Waals surface area contributed by atoms with Crippen molar-refractivity contribution in [3.63, 3.8) is 0 Å². The van der Waals surface area contributed by atoms with Crippen molar-refractivity contribution in [2.45, 2.75) is 32.8 Å². The molecule has 0 saturated heterocycles. The molecule has 4 heteroatoms. The molecule has 0 aromatic heterocycles. The Kier molecular flexibility index (Phi) is 6.94. The van der Waals surface area contributed by atoms with Gasteiger partial charge in [-0.3, -0.25) is 4.79 Å². The summed E-state index contributed by atoms with van der Waals surface area (Å²) in [6.45, 7) is 4.32. The SMILES string of the molecule is CC(C)C(O)CCNC(=O)CC=Cc1ccccc1F. The maximum atomic E-state index is 13.3. The summed E-state index contributed by atoms with van der Waals surface area (Å²) in [5.41, 5.74) is 0.468. The maximum absolute atomic E-state index is 13.3. The summed E-state index contributed by atoms with van der Waals surface area (Å²) in [5.74, 6) is -0.245. The minimum Gasteiger partial charge on any atom is -0.393 e. The predicted molar refractivity (Wildman–Crippen MR) is 78.5 cm³/mol. The minimum atomic E-state index is -0.399. The molecule has 1 aromatic rings. The Labute approximate surface area is 119 Å². The molecule has 3 nitrogen and oxygen atoms in total. The van der Waals surface area contributed by atoms with Crippen LogP contribution in [0.3, 0.4) is 0 Å². The molecule has 0 aliphatic rings. The third-order valence-electron chi connectivity index (χ3n) is 3.04. The van der Waals surface area contributed by atoms with Crippen LogP contribution in [0.5, 0.6) is 0 Å². The van der Waals surface area contributed by atoms with Crippen LogP contribution in [0.4, 0.5) is 4.39 Å².